The van der Waals surface area contributed by atoms with Crippen molar-refractivity contribution >= 4 is 5.91 Å². The van der Waals surface area contributed by atoms with Gasteiger partial charge >= 0.3 is 0 Å². The van der Waals surface area contributed by atoms with Crippen LogP contribution in [0, 0.1) is 18.8 Å². The third-order valence-electron chi connectivity index (χ3n) is 5.06. The maximum atomic E-state index is 12.1. The summed E-state index contributed by atoms with van der Waals surface area (Å²) in [6, 6.07) is 8.74. The molecule has 0 spiro atoms. The second-order valence-electron chi connectivity index (χ2n) is 6.59. The summed E-state index contributed by atoms with van der Waals surface area (Å²) in [4.78, 5) is 14.6. The zero-order valence-electron chi connectivity index (χ0n) is 13.5. The van der Waals surface area contributed by atoms with Gasteiger partial charge in [-0.05, 0) is 25.3 Å². The molecule has 0 radical (unpaired) electrons. The molecule has 2 heterocycles. The van der Waals surface area contributed by atoms with Crippen LogP contribution in [-0.2, 0) is 16.1 Å². The molecule has 2 saturated heterocycles. The normalized spacial score (nSPS) is 28.9. The number of hydrogen-bond donors (Lipinski definition) is 1. The lowest BCUT2D eigenvalue weighted by Gasteiger charge is -2.44. The van der Waals surface area contributed by atoms with Gasteiger partial charge in [0, 0.05) is 45.1 Å². The van der Waals surface area contributed by atoms with Crippen LogP contribution in [-0.4, -0.2) is 43.7 Å². The minimum Gasteiger partial charge on any atom is -0.378 e. The van der Waals surface area contributed by atoms with E-state index in [2.05, 4.69) is 41.4 Å². The Morgan fingerprint density at radius 2 is 2.09 bits per heavy atom. The third-order valence-corrected chi connectivity index (χ3v) is 5.06. The molecule has 1 aromatic carbocycles. The monoisotopic (exact) mass is 302 g/mol. The summed E-state index contributed by atoms with van der Waals surface area (Å²) in [7, 11) is 1.74. The third kappa shape index (κ3) is 3.33. The number of nitrogens with zero attached hydrogens (tertiary/aromatic N) is 1. The largest absolute Gasteiger partial charge is 0.378 e. The van der Waals surface area contributed by atoms with E-state index in [9.17, 15) is 4.79 Å². The first-order valence-corrected chi connectivity index (χ1v) is 8.28. The van der Waals surface area contributed by atoms with Crippen LogP contribution < -0.4 is 5.32 Å². The van der Waals surface area contributed by atoms with Gasteiger partial charge in [0.25, 0.3) is 0 Å². The Labute approximate surface area is 132 Å². The van der Waals surface area contributed by atoms with Crippen molar-refractivity contribution in [2.75, 3.05) is 26.7 Å². The summed E-state index contributed by atoms with van der Waals surface area (Å²) in [5, 5.41) is 2.83. The highest BCUT2D eigenvalue weighted by Gasteiger charge is 2.41. The minimum atomic E-state index is 0.101. The number of hydrogen-bond acceptors (Lipinski definition) is 3. The van der Waals surface area contributed by atoms with E-state index in [1.807, 2.05) is 0 Å². The van der Waals surface area contributed by atoms with Gasteiger partial charge in [0.1, 0.15) is 0 Å². The van der Waals surface area contributed by atoms with Crippen LogP contribution in [0.25, 0.3) is 0 Å². The SMILES string of the molecule is CNC(=O)[C@@H]1CCO[C@@H]2CCN(Cc3ccc(C)cc3)C[C@@H]21. The summed E-state index contributed by atoms with van der Waals surface area (Å²) in [6.45, 7) is 5.80. The van der Waals surface area contributed by atoms with Gasteiger partial charge in [-0.15, -0.1) is 0 Å². The topological polar surface area (TPSA) is 41.6 Å². The summed E-state index contributed by atoms with van der Waals surface area (Å²) in [5.74, 6) is 0.605. The summed E-state index contributed by atoms with van der Waals surface area (Å²) in [5.41, 5.74) is 2.64. The molecule has 0 bridgehead atoms. The van der Waals surface area contributed by atoms with E-state index in [-0.39, 0.29) is 17.9 Å². The lowest BCUT2D eigenvalue weighted by molar-refractivity contribution is -0.141. The fourth-order valence-electron chi connectivity index (χ4n) is 3.79. The van der Waals surface area contributed by atoms with Crippen molar-refractivity contribution in [3.63, 3.8) is 0 Å². The van der Waals surface area contributed by atoms with Gasteiger partial charge in [0.15, 0.2) is 0 Å². The van der Waals surface area contributed by atoms with Crippen molar-refractivity contribution in [2.45, 2.75) is 32.4 Å². The molecule has 1 N–H and O–H groups in total. The van der Waals surface area contributed by atoms with Crippen molar-refractivity contribution < 1.29 is 9.53 Å². The Balaban J connectivity index is 1.66. The van der Waals surface area contributed by atoms with Gasteiger partial charge in [-0.2, -0.15) is 0 Å². The van der Waals surface area contributed by atoms with E-state index in [1.165, 1.54) is 11.1 Å². The van der Waals surface area contributed by atoms with Crippen LogP contribution in [0.4, 0.5) is 0 Å². The number of benzene rings is 1. The number of carbonyl (C=O) groups is 1. The van der Waals surface area contributed by atoms with Crippen molar-refractivity contribution in [3.8, 4) is 0 Å². The quantitative estimate of drug-likeness (QED) is 0.928. The van der Waals surface area contributed by atoms with Gasteiger partial charge in [0.05, 0.1) is 6.10 Å². The maximum Gasteiger partial charge on any atom is 0.223 e. The molecule has 2 aliphatic heterocycles. The lowest BCUT2D eigenvalue weighted by Crippen LogP contribution is -2.52. The summed E-state index contributed by atoms with van der Waals surface area (Å²) >= 11 is 0. The van der Waals surface area contributed by atoms with Crippen molar-refractivity contribution in [2.24, 2.45) is 11.8 Å². The fourth-order valence-corrected chi connectivity index (χ4v) is 3.79. The molecule has 2 fully saturated rings. The molecule has 0 aliphatic carbocycles. The Morgan fingerprint density at radius 1 is 1.32 bits per heavy atom. The van der Waals surface area contributed by atoms with Crippen LogP contribution in [0.3, 0.4) is 0 Å². The molecule has 2 aliphatic rings. The zero-order chi connectivity index (χ0) is 15.5. The van der Waals surface area contributed by atoms with Crippen LogP contribution in [0.2, 0.25) is 0 Å². The molecule has 1 amide bonds. The van der Waals surface area contributed by atoms with E-state index in [1.54, 1.807) is 7.05 Å². The number of nitrogens with one attached hydrogen (secondary N) is 1. The Morgan fingerprint density at radius 3 is 2.82 bits per heavy atom. The average Bonchev–Trinajstić information content (AvgIpc) is 2.55. The van der Waals surface area contributed by atoms with Crippen molar-refractivity contribution in [1.29, 1.82) is 0 Å². The second kappa shape index (κ2) is 6.80. The highest BCUT2D eigenvalue weighted by molar-refractivity contribution is 5.78. The number of ether oxygens (including phenoxy) is 1. The molecule has 4 heteroatoms. The molecule has 4 nitrogen and oxygen atoms in total. The molecule has 3 rings (SSSR count). The Kier molecular flexibility index (Phi) is 4.79. The van der Waals surface area contributed by atoms with Crippen molar-refractivity contribution in [1.82, 2.24) is 10.2 Å². The first-order valence-electron chi connectivity index (χ1n) is 8.28. The highest BCUT2D eigenvalue weighted by Crippen LogP contribution is 2.33. The first kappa shape index (κ1) is 15.5. The summed E-state index contributed by atoms with van der Waals surface area (Å²) < 4.78 is 5.91. The Bertz CT molecular complexity index is 514. The second-order valence-corrected chi connectivity index (χ2v) is 6.59. The number of aryl methyl sites for hydroxylation is 1. The van der Waals surface area contributed by atoms with Gasteiger partial charge in [-0.3, -0.25) is 9.69 Å². The number of amides is 1. The molecular formula is C18H26N2O2. The van der Waals surface area contributed by atoms with E-state index in [0.29, 0.717) is 5.92 Å². The predicted molar refractivity (Wildman–Crippen MR) is 86.5 cm³/mol. The van der Waals surface area contributed by atoms with Crippen LogP contribution in [0.1, 0.15) is 24.0 Å². The molecule has 3 atom stereocenters. The standard InChI is InChI=1S/C18H26N2O2/c1-13-3-5-14(6-4-13)11-20-9-7-17-16(12-20)15(8-10-22-17)18(21)19-2/h3-6,15-17H,7-12H2,1-2H3,(H,19,21)/t15-,16-,17-/m1/s1. The number of piperidine rings is 1. The number of carbonyl (C=O) groups excluding carboxylic acids is 1. The predicted octanol–water partition coefficient (Wildman–Crippen LogP) is 1.97. The van der Waals surface area contributed by atoms with Gasteiger partial charge in [-0.25, -0.2) is 0 Å². The van der Waals surface area contributed by atoms with Gasteiger partial charge < -0.3 is 10.1 Å². The average molecular weight is 302 g/mol. The molecule has 22 heavy (non-hydrogen) atoms. The first-order chi connectivity index (χ1) is 10.7. The highest BCUT2D eigenvalue weighted by atomic mass is 16.5. The van der Waals surface area contributed by atoms with E-state index in [4.69, 9.17) is 4.74 Å². The smallest absolute Gasteiger partial charge is 0.223 e. The van der Waals surface area contributed by atoms with Crippen molar-refractivity contribution in [3.05, 3.63) is 35.4 Å². The molecule has 0 saturated carbocycles. The number of likely N-dealkylation sites (tertiary alicyclic amines) is 1. The minimum absolute atomic E-state index is 0.101. The molecule has 120 valence electrons. The van der Waals surface area contributed by atoms with Crippen LogP contribution >= 0.6 is 0 Å². The zero-order valence-corrected chi connectivity index (χ0v) is 13.5. The number of fused-ring (bicyclic) bond motifs is 1. The maximum absolute atomic E-state index is 12.1. The number of rotatable bonds is 3. The van der Waals surface area contributed by atoms with E-state index < -0.39 is 0 Å². The molecular weight excluding hydrogens is 276 g/mol. The molecule has 0 unspecified atom stereocenters. The van der Waals surface area contributed by atoms with Gasteiger partial charge in [-0.1, -0.05) is 29.8 Å². The molecule has 0 aromatic heterocycles. The fraction of sp³-hybridized carbons (Fsp3) is 0.611. The van der Waals surface area contributed by atoms with Crippen LogP contribution in [0.5, 0.6) is 0 Å². The van der Waals surface area contributed by atoms with Gasteiger partial charge in [0.2, 0.25) is 5.91 Å². The molecule has 1 aromatic rings. The van der Waals surface area contributed by atoms with E-state index in [0.717, 1.165) is 39.1 Å². The Hall–Kier alpha value is -1.39. The van der Waals surface area contributed by atoms with Crippen LogP contribution in [0.15, 0.2) is 24.3 Å². The van der Waals surface area contributed by atoms with E-state index >= 15 is 0 Å². The summed E-state index contributed by atoms with van der Waals surface area (Å²) in [6.07, 6.45) is 2.13. The lowest BCUT2D eigenvalue weighted by atomic mass is 9.79.